The van der Waals surface area contributed by atoms with E-state index in [9.17, 15) is 4.79 Å². The Morgan fingerprint density at radius 2 is 1.67 bits per heavy atom. The van der Waals surface area contributed by atoms with Crippen molar-refractivity contribution in [1.29, 1.82) is 0 Å². The van der Waals surface area contributed by atoms with Gasteiger partial charge in [0.25, 0.3) is 0 Å². The van der Waals surface area contributed by atoms with Crippen LogP contribution in [0.1, 0.15) is 51.4 Å². The Morgan fingerprint density at radius 1 is 0.944 bits per heavy atom. The summed E-state index contributed by atoms with van der Waals surface area (Å²) in [6.45, 7) is 3.15. The summed E-state index contributed by atoms with van der Waals surface area (Å²) in [6, 6.07) is 0.600. The molecular formula is C15H26N2O. The first-order valence-electron chi connectivity index (χ1n) is 7.87. The second kappa shape index (κ2) is 5.60. The number of carbonyl (C=O) groups is 1. The molecule has 3 rings (SSSR count). The Morgan fingerprint density at radius 3 is 2.39 bits per heavy atom. The van der Waals surface area contributed by atoms with Crippen molar-refractivity contribution in [2.45, 2.75) is 57.4 Å². The van der Waals surface area contributed by atoms with Crippen LogP contribution in [0.4, 0.5) is 0 Å². The lowest BCUT2D eigenvalue weighted by Gasteiger charge is -2.25. The second-order valence-corrected chi connectivity index (χ2v) is 6.39. The normalized spacial score (nSPS) is 34.1. The number of hydrogen-bond acceptors (Lipinski definition) is 2. The molecule has 0 aromatic carbocycles. The van der Waals surface area contributed by atoms with E-state index < -0.39 is 0 Å². The van der Waals surface area contributed by atoms with Gasteiger partial charge in [0.15, 0.2) is 0 Å². The van der Waals surface area contributed by atoms with Crippen LogP contribution in [-0.4, -0.2) is 36.5 Å². The van der Waals surface area contributed by atoms with Gasteiger partial charge in [-0.25, -0.2) is 0 Å². The highest BCUT2D eigenvalue weighted by Gasteiger charge is 2.39. The van der Waals surface area contributed by atoms with E-state index in [4.69, 9.17) is 0 Å². The van der Waals surface area contributed by atoms with Crippen molar-refractivity contribution in [3.8, 4) is 0 Å². The first kappa shape index (κ1) is 12.5. The Kier molecular flexibility index (Phi) is 3.88. The van der Waals surface area contributed by atoms with Crippen LogP contribution < -0.4 is 5.32 Å². The monoisotopic (exact) mass is 250 g/mol. The highest BCUT2D eigenvalue weighted by atomic mass is 16.2. The average molecular weight is 250 g/mol. The molecule has 0 aromatic rings. The summed E-state index contributed by atoms with van der Waals surface area (Å²) in [5, 5.41) is 3.53. The summed E-state index contributed by atoms with van der Waals surface area (Å²) < 4.78 is 0. The molecule has 2 atom stereocenters. The summed E-state index contributed by atoms with van der Waals surface area (Å²) >= 11 is 0. The third-order valence-electron chi connectivity index (χ3n) is 5.13. The van der Waals surface area contributed by atoms with Crippen molar-refractivity contribution in [1.82, 2.24) is 10.2 Å². The smallest absolute Gasteiger partial charge is 0.225 e. The van der Waals surface area contributed by atoms with Gasteiger partial charge in [-0.05, 0) is 31.7 Å². The lowest BCUT2D eigenvalue weighted by atomic mass is 9.90. The van der Waals surface area contributed by atoms with Crippen LogP contribution in [0.3, 0.4) is 0 Å². The minimum absolute atomic E-state index is 0.337. The molecule has 3 fully saturated rings. The maximum absolute atomic E-state index is 12.6. The molecule has 3 nitrogen and oxygen atoms in total. The molecule has 2 aliphatic heterocycles. The van der Waals surface area contributed by atoms with Crippen molar-refractivity contribution in [2.24, 2.45) is 11.8 Å². The van der Waals surface area contributed by atoms with E-state index in [1.807, 2.05) is 0 Å². The van der Waals surface area contributed by atoms with Gasteiger partial charge in [0.2, 0.25) is 5.91 Å². The largest absolute Gasteiger partial charge is 0.341 e. The first-order chi connectivity index (χ1) is 8.84. The lowest BCUT2D eigenvalue weighted by Crippen LogP contribution is -2.37. The third-order valence-corrected chi connectivity index (χ3v) is 5.13. The van der Waals surface area contributed by atoms with E-state index >= 15 is 0 Å². The predicted octanol–water partition coefficient (Wildman–Crippen LogP) is 2.17. The van der Waals surface area contributed by atoms with Crippen LogP contribution in [0.2, 0.25) is 0 Å². The van der Waals surface area contributed by atoms with Gasteiger partial charge in [-0.2, -0.15) is 0 Å². The van der Waals surface area contributed by atoms with E-state index in [2.05, 4.69) is 10.2 Å². The van der Waals surface area contributed by atoms with Gasteiger partial charge in [-0.15, -0.1) is 0 Å². The molecule has 18 heavy (non-hydrogen) atoms. The van der Waals surface area contributed by atoms with E-state index in [-0.39, 0.29) is 0 Å². The fraction of sp³-hybridized carbons (Fsp3) is 0.933. The Balaban J connectivity index is 1.56. The van der Waals surface area contributed by atoms with E-state index in [1.165, 1.54) is 38.5 Å². The lowest BCUT2D eigenvalue weighted by molar-refractivity contribution is -0.135. The summed E-state index contributed by atoms with van der Waals surface area (Å²) in [5.74, 6) is 1.54. The standard InChI is InChI=1S/C15H26N2O/c18-15(12-6-4-2-1-3-5-7-12)17-10-13-8-9-16-14(13)11-17/h12-14,16H,1-11H2/t13-,14+/m0/s1. The highest BCUT2D eigenvalue weighted by molar-refractivity contribution is 5.79. The van der Waals surface area contributed by atoms with Crippen molar-refractivity contribution < 1.29 is 4.79 Å². The zero-order valence-electron chi connectivity index (χ0n) is 11.4. The molecule has 3 aliphatic rings. The number of amides is 1. The number of nitrogens with zero attached hydrogens (tertiary/aromatic N) is 1. The Labute approximate surface area is 110 Å². The molecular weight excluding hydrogens is 224 g/mol. The van der Waals surface area contributed by atoms with Crippen molar-refractivity contribution in [3.63, 3.8) is 0 Å². The topological polar surface area (TPSA) is 32.3 Å². The van der Waals surface area contributed by atoms with Crippen LogP contribution in [0.5, 0.6) is 0 Å². The van der Waals surface area contributed by atoms with Gasteiger partial charge in [0.1, 0.15) is 0 Å². The number of nitrogens with one attached hydrogen (secondary N) is 1. The van der Waals surface area contributed by atoms with Crippen LogP contribution in [0.25, 0.3) is 0 Å². The summed E-state index contributed by atoms with van der Waals surface area (Å²) in [7, 11) is 0. The molecule has 1 N–H and O–H groups in total. The van der Waals surface area contributed by atoms with Gasteiger partial charge in [0, 0.05) is 25.0 Å². The highest BCUT2D eigenvalue weighted by Crippen LogP contribution is 2.29. The molecule has 2 saturated heterocycles. The predicted molar refractivity (Wildman–Crippen MR) is 72.3 cm³/mol. The van der Waals surface area contributed by atoms with E-state index in [0.717, 1.165) is 38.4 Å². The second-order valence-electron chi connectivity index (χ2n) is 6.39. The molecule has 2 heterocycles. The minimum Gasteiger partial charge on any atom is -0.341 e. The molecule has 0 bridgehead atoms. The number of likely N-dealkylation sites (tertiary alicyclic amines) is 1. The van der Waals surface area contributed by atoms with Crippen LogP contribution in [0, 0.1) is 11.8 Å². The van der Waals surface area contributed by atoms with Crippen molar-refractivity contribution >= 4 is 5.91 Å². The summed E-state index contributed by atoms with van der Waals surface area (Å²) in [4.78, 5) is 14.8. The summed E-state index contributed by atoms with van der Waals surface area (Å²) in [6.07, 6.45) is 10.1. The van der Waals surface area contributed by atoms with E-state index in [0.29, 0.717) is 17.9 Å². The number of rotatable bonds is 1. The molecule has 1 amide bonds. The number of hydrogen-bond donors (Lipinski definition) is 1. The number of fused-ring (bicyclic) bond motifs is 1. The SMILES string of the molecule is O=C(C1CCCCCCC1)N1C[C@@H]2CCN[C@@H]2C1. The quantitative estimate of drug-likeness (QED) is 0.773. The third kappa shape index (κ3) is 2.56. The van der Waals surface area contributed by atoms with E-state index in [1.54, 1.807) is 0 Å². The Bertz CT molecular complexity index is 281. The fourth-order valence-corrected chi connectivity index (χ4v) is 3.99. The molecule has 102 valence electrons. The maximum atomic E-state index is 12.6. The van der Waals surface area contributed by atoms with Gasteiger partial charge in [-0.3, -0.25) is 4.79 Å². The van der Waals surface area contributed by atoms with Crippen LogP contribution >= 0.6 is 0 Å². The minimum atomic E-state index is 0.337. The van der Waals surface area contributed by atoms with Crippen molar-refractivity contribution in [2.75, 3.05) is 19.6 Å². The maximum Gasteiger partial charge on any atom is 0.225 e. The fourth-order valence-electron chi connectivity index (χ4n) is 3.99. The molecule has 0 unspecified atom stereocenters. The Hall–Kier alpha value is -0.570. The zero-order chi connectivity index (χ0) is 12.4. The zero-order valence-corrected chi connectivity index (χ0v) is 11.4. The molecule has 0 spiro atoms. The molecule has 1 saturated carbocycles. The van der Waals surface area contributed by atoms with Gasteiger partial charge >= 0.3 is 0 Å². The average Bonchev–Trinajstić information content (AvgIpc) is 2.87. The first-order valence-corrected chi connectivity index (χ1v) is 7.87. The van der Waals surface area contributed by atoms with Crippen molar-refractivity contribution in [3.05, 3.63) is 0 Å². The molecule has 0 radical (unpaired) electrons. The number of carbonyl (C=O) groups excluding carboxylic acids is 1. The molecule has 0 aromatic heterocycles. The molecule has 3 heteroatoms. The summed E-state index contributed by atoms with van der Waals surface area (Å²) in [5.41, 5.74) is 0. The van der Waals surface area contributed by atoms with Crippen LogP contribution in [-0.2, 0) is 4.79 Å². The van der Waals surface area contributed by atoms with Gasteiger partial charge in [0.05, 0.1) is 0 Å². The van der Waals surface area contributed by atoms with Gasteiger partial charge in [-0.1, -0.05) is 32.1 Å². The van der Waals surface area contributed by atoms with Gasteiger partial charge < -0.3 is 10.2 Å². The van der Waals surface area contributed by atoms with Crippen LogP contribution in [0.15, 0.2) is 0 Å². The molecule has 1 aliphatic carbocycles.